The predicted octanol–water partition coefficient (Wildman–Crippen LogP) is 2.13. The normalized spacial score (nSPS) is 11.2. The number of carbonyl (C=O) groups excluding carboxylic acids is 1. The number of primary amides is 1. The highest BCUT2D eigenvalue weighted by Gasteiger charge is 2.21. The lowest BCUT2D eigenvalue weighted by atomic mass is 9.89. The van der Waals surface area contributed by atoms with Crippen molar-refractivity contribution in [3.8, 4) is 23.7 Å². The summed E-state index contributed by atoms with van der Waals surface area (Å²) in [6, 6.07) is 7.72. The van der Waals surface area contributed by atoms with Crippen molar-refractivity contribution >= 4 is 11.9 Å². The summed E-state index contributed by atoms with van der Waals surface area (Å²) in [4.78, 5) is 36.8. The second-order valence-corrected chi connectivity index (χ2v) is 8.88. The number of nitrogens with two attached hydrogens (primary N) is 1. The smallest absolute Gasteiger partial charge is 0.267 e. The molecular formula is C28H28F2N6O2. The molecule has 0 aliphatic rings. The molecule has 2 N–H and O–H groups in total. The van der Waals surface area contributed by atoms with Gasteiger partial charge < -0.3 is 20.1 Å². The van der Waals surface area contributed by atoms with Crippen molar-refractivity contribution in [3.05, 3.63) is 87.1 Å². The first-order chi connectivity index (χ1) is 18.1. The Morgan fingerprint density at radius 3 is 2.55 bits per heavy atom. The van der Waals surface area contributed by atoms with Gasteiger partial charge in [0.25, 0.3) is 11.5 Å². The van der Waals surface area contributed by atoms with Gasteiger partial charge in [0.1, 0.15) is 23.0 Å². The Morgan fingerprint density at radius 1 is 1.08 bits per heavy atom. The van der Waals surface area contributed by atoms with Crippen molar-refractivity contribution in [1.29, 1.82) is 0 Å². The molecule has 2 aromatic heterocycles. The van der Waals surface area contributed by atoms with Crippen LogP contribution in [0.15, 0.2) is 47.4 Å². The molecule has 38 heavy (non-hydrogen) atoms. The number of nitrogens with zero attached hydrogens (tertiary/aromatic N) is 5. The minimum Gasteiger partial charge on any atom is -0.364 e. The van der Waals surface area contributed by atoms with Gasteiger partial charge in [0.05, 0.1) is 0 Å². The molecule has 0 fully saturated rings. The SMILES string of the molecule is CN(C)CCN(C)c1nc(C#CC#CCC(c2cc(F)ccc2F)c2cccn(C)c2=O)cc(C(N)=O)n1. The maximum atomic E-state index is 14.6. The Labute approximate surface area is 220 Å². The lowest BCUT2D eigenvalue weighted by molar-refractivity contribution is 0.0995. The molecule has 3 aromatic rings. The largest absolute Gasteiger partial charge is 0.364 e. The standard InChI is InChI=1S/C28H28F2N6O2/c1-34(2)15-16-36(4)28-32-20(18-25(33-28)26(31)37)9-6-5-7-10-21(22-11-8-14-35(3)27(22)38)23-17-19(29)12-13-24(23)30/h8,11-14,17-18,21H,10,15-16H2,1-4H3,(H2,31,37). The summed E-state index contributed by atoms with van der Waals surface area (Å²) in [6.07, 6.45) is 1.60. The molecule has 0 radical (unpaired) electrons. The van der Waals surface area contributed by atoms with Crippen LogP contribution in [-0.2, 0) is 7.05 Å². The van der Waals surface area contributed by atoms with Crippen LogP contribution in [0.2, 0.25) is 0 Å². The number of aryl methyl sites for hydroxylation is 1. The number of halogens is 2. The number of pyridine rings is 1. The van der Waals surface area contributed by atoms with E-state index >= 15 is 0 Å². The fraction of sp³-hybridized carbons (Fsp3) is 0.286. The lowest BCUT2D eigenvalue weighted by Gasteiger charge is -2.19. The van der Waals surface area contributed by atoms with E-state index in [0.717, 1.165) is 24.7 Å². The molecule has 2 heterocycles. The number of benzene rings is 1. The number of hydrogen-bond acceptors (Lipinski definition) is 6. The van der Waals surface area contributed by atoms with E-state index in [9.17, 15) is 18.4 Å². The Hall–Kier alpha value is -4.54. The Morgan fingerprint density at radius 2 is 1.84 bits per heavy atom. The van der Waals surface area contributed by atoms with Crippen LogP contribution in [0.3, 0.4) is 0 Å². The van der Waals surface area contributed by atoms with Gasteiger partial charge in [-0.2, -0.15) is 0 Å². The van der Waals surface area contributed by atoms with Crippen LogP contribution in [0.1, 0.15) is 39.6 Å². The van der Waals surface area contributed by atoms with Crippen molar-refractivity contribution in [2.45, 2.75) is 12.3 Å². The Balaban J connectivity index is 1.91. The van der Waals surface area contributed by atoms with Gasteiger partial charge >= 0.3 is 0 Å². The molecule has 0 saturated carbocycles. The van der Waals surface area contributed by atoms with Gasteiger partial charge in [-0.25, -0.2) is 18.7 Å². The van der Waals surface area contributed by atoms with E-state index in [2.05, 4.69) is 33.6 Å². The average Bonchev–Trinajstić information content (AvgIpc) is 2.88. The zero-order valence-electron chi connectivity index (χ0n) is 21.6. The van der Waals surface area contributed by atoms with E-state index in [1.807, 2.05) is 19.0 Å². The lowest BCUT2D eigenvalue weighted by Crippen LogP contribution is -2.30. The van der Waals surface area contributed by atoms with Crippen LogP contribution < -0.4 is 16.2 Å². The van der Waals surface area contributed by atoms with Crippen LogP contribution in [0, 0.1) is 35.3 Å². The van der Waals surface area contributed by atoms with Gasteiger partial charge in [0.15, 0.2) is 0 Å². The van der Waals surface area contributed by atoms with Crippen LogP contribution >= 0.6 is 0 Å². The first-order valence-electron chi connectivity index (χ1n) is 11.7. The molecule has 3 rings (SSSR count). The van der Waals surface area contributed by atoms with Gasteiger partial charge in [-0.05, 0) is 61.7 Å². The van der Waals surface area contributed by atoms with Gasteiger partial charge in [0, 0.05) is 57.4 Å². The van der Waals surface area contributed by atoms with E-state index < -0.39 is 23.5 Å². The summed E-state index contributed by atoms with van der Waals surface area (Å²) in [5.41, 5.74) is 5.67. The van der Waals surface area contributed by atoms with Crippen molar-refractivity contribution in [3.63, 3.8) is 0 Å². The number of hydrogen-bond donors (Lipinski definition) is 1. The van der Waals surface area contributed by atoms with Crippen LogP contribution in [0.4, 0.5) is 14.7 Å². The van der Waals surface area contributed by atoms with Gasteiger partial charge in [-0.1, -0.05) is 12.0 Å². The highest BCUT2D eigenvalue weighted by Crippen LogP contribution is 2.28. The van der Waals surface area contributed by atoms with E-state index in [1.54, 1.807) is 37.3 Å². The summed E-state index contributed by atoms with van der Waals surface area (Å²) in [5.74, 6) is 8.47. The highest BCUT2D eigenvalue weighted by molar-refractivity contribution is 5.91. The monoisotopic (exact) mass is 518 g/mol. The molecule has 0 bridgehead atoms. The molecule has 1 amide bonds. The second kappa shape index (κ2) is 12.6. The average molecular weight is 519 g/mol. The van der Waals surface area contributed by atoms with Crippen molar-refractivity contribution < 1.29 is 13.6 Å². The fourth-order valence-corrected chi connectivity index (χ4v) is 3.59. The third-order valence-electron chi connectivity index (χ3n) is 5.70. The summed E-state index contributed by atoms with van der Waals surface area (Å²) >= 11 is 0. The molecule has 1 unspecified atom stereocenters. The first kappa shape index (κ1) is 28.0. The Bertz CT molecular complexity index is 1510. The van der Waals surface area contributed by atoms with Crippen molar-refractivity contribution in [1.82, 2.24) is 19.4 Å². The molecular weight excluding hydrogens is 490 g/mol. The molecule has 1 aromatic carbocycles. The topological polar surface area (TPSA) is 97.4 Å². The van der Waals surface area contributed by atoms with Crippen LogP contribution in [0.5, 0.6) is 0 Å². The maximum Gasteiger partial charge on any atom is 0.267 e. The minimum absolute atomic E-state index is 0.0170. The molecule has 1 atom stereocenters. The molecule has 0 aliphatic carbocycles. The van der Waals surface area contributed by atoms with E-state index in [4.69, 9.17) is 5.73 Å². The van der Waals surface area contributed by atoms with Crippen LogP contribution in [-0.4, -0.2) is 59.6 Å². The van der Waals surface area contributed by atoms with Gasteiger partial charge in [0.2, 0.25) is 5.95 Å². The van der Waals surface area contributed by atoms with E-state index in [0.29, 0.717) is 12.5 Å². The molecule has 196 valence electrons. The van der Waals surface area contributed by atoms with Gasteiger partial charge in [-0.3, -0.25) is 9.59 Å². The molecule has 0 spiro atoms. The quantitative estimate of drug-likeness (QED) is 0.459. The number of anilines is 1. The number of rotatable bonds is 8. The molecule has 10 heteroatoms. The summed E-state index contributed by atoms with van der Waals surface area (Å²) < 4.78 is 29.9. The number of aromatic nitrogens is 3. The van der Waals surface area contributed by atoms with Gasteiger partial charge in [-0.15, -0.1) is 0 Å². The highest BCUT2D eigenvalue weighted by atomic mass is 19.1. The fourth-order valence-electron chi connectivity index (χ4n) is 3.59. The van der Waals surface area contributed by atoms with Crippen LogP contribution in [0.25, 0.3) is 0 Å². The molecule has 8 nitrogen and oxygen atoms in total. The maximum absolute atomic E-state index is 14.6. The van der Waals surface area contributed by atoms with Crippen molar-refractivity contribution in [2.24, 2.45) is 12.8 Å². The molecule has 0 aliphatic heterocycles. The summed E-state index contributed by atoms with van der Waals surface area (Å²) in [6.45, 7) is 1.35. The minimum atomic E-state index is -0.808. The number of likely N-dealkylation sites (N-methyl/N-ethyl adjacent to an activating group) is 2. The zero-order chi connectivity index (χ0) is 27.8. The first-order valence-corrected chi connectivity index (χ1v) is 11.7. The third kappa shape index (κ3) is 7.25. The zero-order valence-corrected chi connectivity index (χ0v) is 21.6. The summed E-state index contributed by atoms with van der Waals surface area (Å²) in [5, 5.41) is 0. The van der Waals surface area contributed by atoms with E-state index in [1.165, 1.54) is 10.6 Å². The Kier molecular flexibility index (Phi) is 9.31. The van der Waals surface area contributed by atoms with E-state index in [-0.39, 0.29) is 34.5 Å². The molecule has 0 saturated heterocycles. The predicted molar refractivity (Wildman–Crippen MR) is 142 cm³/mol. The van der Waals surface area contributed by atoms with Crippen molar-refractivity contribution in [2.75, 3.05) is 39.1 Å². The number of amides is 1. The third-order valence-corrected chi connectivity index (χ3v) is 5.70. The summed E-state index contributed by atoms with van der Waals surface area (Å²) in [7, 11) is 7.25. The second-order valence-electron chi connectivity index (χ2n) is 8.88. The number of carbonyl (C=O) groups is 1.